The summed E-state index contributed by atoms with van der Waals surface area (Å²) in [7, 11) is 1.49. The Labute approximate surface area is 171 Å². The SMILES string of the molecule is CNC(=O)Oc1ccc(C(N)=S)cc1.Cc1ccccc1C(=O)OC(C)(C)C. The fourth-order valence-corrected chi connectivity index (χ4v) is 2.12. The monoisotopic (exact) mass is 402 g/mol. The Hall–Kier alpha value is -2.93. The number of carbonyl (C=O) groups excluding carboxylic acids is 2. The number of nitrogens with two attached hydrogens (primary N) is 1. The molecule has 0 fully saturated rings. The van der Waals surface area contributed by atoms with Crippen molar-refractivity contribution < 1.29 is 19.1 Å². The van der Waals surface area contributed by atoms with Crippen molar-refractivity contribution in [3.63, 3.8) is 0 Å². The van der Waals surface area contributed by atoms with Crippen LogP contribution in [0.5, 0.6) is 5.75 Å². The minimum Gasteiger partial charge on any atom is -0.456 e. The van der Waals surface area contributed by atoms with Crippen LogP contribution in [0.3, 0.4) is 0 Å². The molecule has 28 heavy (non-hydrogen) atoms. The quantitative estimate of drug-likeness (QED) is 0.596. The van der Waals surface area contributed by atoms with Gasteiger partial charge in [0.05, 0.1) is 5.56 Å². The zero-order valence-electron chi connectivity index (χ0n) is 16.7. The van der Waals surface area contributed by atoms with Crippen LogP contribution >= 0.6 is 12.2 Å². The molecule has 7 heteroatoms. The second-order valence-corrected chi connectivity index (χ2v) is 7.28. The number of thiocarbonyl (C=S) groups is 1. The molecule has 150 valence electrons. The van der Waals surface area contributed by atoms with Crippen LogP contribution in [-0.4, -0.2) is 29.7 Å². The maximum absolute atomic E-state index is 11.7. The molecule has 1 amide bonds. The normalized spacial score (nSPS) is 10.2. The summed E-state index contributed by atoms with van der Waals surface area (Å²) in [6.45, 7) is 7.49. The Bertz CT molecular complexity index is 827. The van der Waals surface area contributed by atoms with Crippen LogP contribution < -0.4 is 15.8 Å². The summed E-state index contributed by atoms with van der Waals surface area (Å²) < 4.78 is 10.1. The lowest BCUT2D eigenvalue weighted by Crippen LogP contribution is -2.24. The highest BCUT2D eigenvalue weighted by Crippen LogP contribution is 2.14. The maximum atomic E-state index is 11.7. The molecule has 6 nitrogen and oxygen atoms in total. The van der Waals surface area contributed by atoms with Crippen LogP contribution in [0.2, 0.25) is 0 Å². The first-order valence-electron chi connectivity index (χ1n) is 8.62. The number of carbonyl (C=O) groups is 2. The Morgan fingerprint density at radius 1 is 1.04 bits per heavy atom. The van der Waals surface area contributed by atoms with E-state index in [2.05, 4.69) is 5.32 Å². The topological polar surface area (TPSA) is 90.6 Å². The van der Waals surface area contributed by atoms with Crippen molar-refractivity contribution in [3.8, 4) is 5.75 Å². The van der Waals surface area contributed by atoms with Gasteiger partial charge in [-0.05, 0) is 63.6 Å². The van der Waals surface area contributed by atoms with Crippen molar-refractivity contribution in [3.05, 3.63) is 65.2 Å². The van der Waals surface area contributed by atoms with E-state index >= 15 is 0 Å². The zero-order chi connectivity index (χ0) is 21.3. The molecular formula is C21H26N2O4S. The first-order valence-corrected chi connectivity index (χ1v) is 9.02. The van der Waals surface area contributed by atoms with Crippen molar-refractivity contribution in [2.24, 2.45) is 5.73 Å². The van der Waals surface area contributed by atoms with Crippen molar-refractivity contribution in [1.82, 2.24) is 5.32 Å². The van der Waals surface area contributed by atoms with Crippen molar-refractivity contribution >= 4 is 29.3 Å². The van der Waals surface area contributed by atoms with E-state index in [0.717, 1.165) is 11.1 Å². The molecule has 0 aromatic heterocycles. The maximum Gasteiger partial charge on any atom is 0.412 e. The third kappa shape index (κ3) is 8.18. The predicted octanol–water partition coefficient (Wildman–Crippen LogP) is 3.99. The molecule has 0 heterocycles. The number of hydrogen-bond donors (Lipinski definition) is 2. The van der Waals surface area contributed by atoms with Crippen LogP contribution in [0, 0.1) is 6.92 Å². The van der Waals surface area contributed by atoms with Gasteiger partial charge in [-0.1, -0.05) is 30.4 Å². The lowest BCUT2D eigenvalue weighted by Gasteiger charge is -2.20. The molecular weight excluding hydrogens is 376 g/mol. The molecule has 2 aromatic carbocycles. The fourth-order valence-electron chi connectivity index (χ4n) is 1.98. The van der Waals surface area contributed by atoms with Crippen LogP contribution in [0.25, 0.3) is 0 Å². The van der Waals surface area contributed by atoms with Gasteiger partial charge >= 0.3 is 12.1 Å². The lowest BCUT2D eigenvalue weighted by molar-refractivity contribution is 0.00687. The summed E-state index contributed by atoms with van der Waals surface area (Å²) >= 11 is 4.77. The average molecular weight is 403 g/mol. The summed E-state index contributed by atoms with van der Waals surface area (Å²) in [5, 5.41) is 2.34. The number of amides is 1. The average Bonchev–Trinajstić information content (AvgIpc) is 2.61. The molecule has 0 saturated heterocycles. The lowest BCUT2D eigenvalue weighted by atomic mass is 10.1. The van der Waals surface area contributed by atoms with E-state index in [1.165, 1.54) is 7.05 Å². The molecule has 0 radical (unpaired) electrons. The minimum absolute atomic E-state index is 0.254. The van der Waals surface area contributed by atoms with Crippen LogP contribution in [0.4, 0.5) is 4.79 Å². The number of esters is 1. The number of rotatable bonds is 3. The molecule has 0 unspecified atom stereocenters. The third-order valence-electron chi connectivity index (χ3n) is 3.32. The highest BCUT2D eigenvalue weighted by molar-refractivity contribution is 7.80. The molecule has 0 bridgehead atoms. The largest absolute Gasteiger partial charge is 0.456 e. The summed E-state index contributed by atoms with van der Waals surface area (Å²) in [6.07, 6.45) is -0.506. The fraction of sp³-hybridized carbons (Fsp3) is 0.286. The molecule has 0 aliphatic heterocycles. The number of ether oxygens (including phenoxy) is 2. The first kappa shape index (κ1) is 23.1. The van der Waals surface area contributed by atoms with Gasteiger partial charge in [-0.2, -0.15) is 0 Å². The van der Waals surface area contributed by atoms with E-state index in [1.807, 2.05) is 45.9 Å². The number of aryl methyl sites for hydroxylation is 1. The zero-order valence-corrected chi connectivity index (χ0v) is 17.6. The number of benzene rings is 2. The molecule has 0 saturated carbocycles. The summed E-state index contributed by atoms with van der Waals surface area (Å²) in [6, 6.07) is 14.1. The van der Waals surface area contributed by atoms with Crippen LogP contribution in [0.1, 0.15) is 42.3 Å². The van der Waals surface area contributed by atoms with E-state index < -0.39 is 11.7 Å². The molecule has 0 aliphatic carbocycles. The second-order valence-electron chi connectivity index (χ2n) is 6.84. The number of hydrogen-bond acceptors (Lipinski definition) is 5. The molecule has 0 atom stereocenters. The highest BCUT2D eigenvalue weighted by atomic mass is 32.1. The molecule has 2 rings (SSSR count). The Morgan fingerprint density at radius 2 is 1.61 bits per heavy atom. The van der Waals surface area contributed by atoms with Crippen molar-refractivity contribution in [2.45, 2.75) is 33.3 Å². The highest BCUT2D eigenvalue weighted by Gasteiger charge is 2.18. The van der Waals surface area contributed by atoms with Crippen molar-refractivity contribution in [2.75, 3.05) is 7.05 Å². The third-order valence-corrected chi connectivity index (χ3v) is 3.55. The van der Waals surface area contributed by atoms with E-state index in [1.54, 1.807) is 30.3 Å². The van der Waals surface area contributed by atoms with Gasteiger partial charge in [0.25, 0.3) is 0 Å². The van der Waals surface area contributed by atoms with E-state index in [0.29, 0.717) is 16.3 Å². The Kier molecular flexibility index (Phi) is 8.60. The van der Waals surface area contributed by atoms with E-state index in [4.69, 9.17) is 27.4 Å². The van der Waals surface area contributed by atoms with Gasteiger partial charge in [0.1, 0.15) is 16.3 Å². The first-order chi connectivity index (χ1) is 13.0. The van der Waals surface area contributed by atoms with Gasteiger partial charge < -0.3 is 20.5 Å². The number of nitrogens with one attached hydrogen (secondary N) is 1. The molecule has 0 aliphatic rings. The molecule has 0 spiro atoms. The van der Waals surface area contributed by atoms with Gasteiger partial charge in [0, 0.05) is 12.6 Å². The van der Waals surface area contributed by atoms with Crippen LogP contribution in [0.15, 0.2) is 48.5 Å². The Morgan fingerprint density at radius 3 is 2.07 bits per heavy atom. The minimum atomic E-state index is -0.506. The second kappa shape index (κ2) is 10.4. The summed E-state index contributed by atoms with van der Waals surface area (Å²) in [4.78, 5) is 22.8. The van der Waals surface area contributed by atoms with Crippen LogP contribution in [-0.2, 0) is 4.74 Å². The molecule has 3 N–H and O–H groups in total. The van der Waals surface area contributed by atoms with Gasteiger partial charge in [-0.15, -0.1) is 0 Å². The standard InChI is InChI=1S/C12H16O2.C9H10N2O2S/c1-9-7-5-6-8-10(9)11(13)14-12(2,3)4;1-11-9(12)13-7-4-2-6(3-5-7)8(10)14/h5-8H,1-4H3;2-5H,1H3,(H2,10,14)(H,11,12). The van der Waals surface area contributed by atoms with Gasteiger partial charge in [-0.25, -0.2) is 9.59 Å². The van der Waals surface area contributed by atoms with Gasteiger partial charge in [0.15, 0.2) is 0 Å². The summed E-state index contributed by atoms with van der Waals surface area (Å²) in [5.41, 5.74) is 7.30. The van der Waals surface area contributed by atoms with E-state index in [9.17, 15) is 9.59 Å². The van der Waals surface area contributed by atoms with Crippen molar-refractivity contribution in [1.29, 1.82) is 0 Å². The van der Waals surface area contributed by atoms with E-state index in [-0.39, 0.29) is 5.97 Å². The molecule has 2 aromatic rings. The summed E-state index contributed by atoms with van der Waals surface area (Å²) in [5.74, 6) is 0.194. The van der Waals surface area contributed by atoms with Gasteiger partial charge in [-0.3, -0.25) is 0 Å². The predicted molar refractivity (Wildman–Crippen MR) is 114 cm³/mol. The smallest absolute Gasteiger partial charge is 0.412 e. The van der Waals surface area contributed by atoms with Gasteiger partial charge in [0.2, 0.25) is 0 Å². The Balaban J connectivity index is 0.000000280.